The van der Waals surface area contributed by atoms with Crippen LogP contribution in [0, 0.1) is 35.5 Å². The van der Waals surface area contributed by atoms with Gasteiger partial charge in [0.05, 0.1) is 28.9 Å². The van der Waals surface area contributed by atoms with E-state index in [0.717, 1.165) is 46.9 Å². The Morgan fingerprint density at radius 1 is 0.674 bits per heavy atom. The van der Waals surface area contributed by atoms with Crippen molar-refractivity contribution in [1.29, 1.82) is 0 Å². The van der Waals surface area contributed by atoms with Crippen LogP contribution >= 0.6 is 17.2 Å². The van der Waals surface area contributed by atoms with Gasteiger partial charge in [-0.1, -0.05) is 46.9 Å². The summed E-state index contributed by atoms with van der Waals surface area (Å²) >= 11 is 0. The molecule has 46 heavy (non-hydrogen) atoms. The van der Waals surface area contributed by atoms with E-state index in [-0.39, 0.29) is 13.3 Å². The Hall–Kier alpha value is -1.76. The van der Waals surface area contributed by atoms with Crippen molar-refractivity contribution in [2.75, 3.05) is 0 Å². The fraction of sp³-hybridized carbons (Fsp3) is 0.650. The second-order valence-electron chi connectivity index (χ2n) is 18.0. The van der Waals surface area contributed by atoms with E-state index in [1.54, 1.807) is 12.4 Å². The average Bonchev–Trinajstić information content (AvgIpc) is 3.02. The zero-order valence-corrected chi connectivity index (χ0v) is 30.2. The second-order valence-corrected chi connectivity index (χ2v) is 21.9. The van der Waals surface area contributed by atoms with Crippen molar-refractivity contribution in [1.82, 2.24) is 19.9 Å². The quantitative estimate of drug-likeness (QED) is 0.239. The fourth-order valence-electron chi connectivity index (χ4n) is 12.8. The summed E-state index contributed by atoms with van der Waals surface area (Å²) in [5.74, 6) is 5.96. The van der Waals surface area contributed by atoms with Crippen molar-refractivity contribution in [2.45, 2.75) is 125 Å². The van der Waals surface area contributed by atoms with Crippen molar-refractivity contribution in [3.63, 3.8) is 0 Å². The molecule has 0 aliphatic heterocycles. The Balaban J connectivity index is 1.23. The topological polar surface area (TPSA) is 51.6 Å². The first-order valence-corrected chi connectivity index (χ1v) is 20.5. The highest BCUT2D eigenvalue weighted by molar-refractivity contribution is 7.60. The lowest BCUT2D eigenvalue weighted by atomic mass is 9.55. The molecule has 0 saturated heterocycles. The molecule has 3 aromatic rings. The first kappa shape index (κ1) is 30.3. The Bertz CT molecular complexity index is 1440. The predicted molar refractivity (Wildman–Crippen MR) is 191 cm³/mol. The molecule has 0 radical (unpaired) electrons. The van der Waals surface area contributed by atoms with E-state index in [1.165, 1.54) is 99.9 Å². The molecule has 4 nitrogen and oxygen atoms in total. The number of hydrogen-bond donors (Lipinski definition) is 0. The zero-order chi connectivity index (χ0) is 31.3. The number of benzene rings is 1. The van der Waals surface area contributed by atoms with Gasteiger partial charge in [0.25, 0.3) is 0 Å². The van der Waals surface area contributed by atoms with E-state index in [0.29, 0.717) is 10.3 Å². The van der Waals surface area contributed by atoms with E-state index in [1.807, 2.05) is 24.8 Å². The van der Waals surface area contributed by atoms with Gasteiger partial charge in [0.15, 0.2) is 0 Å². The lowest BCUT2D eigenvalue weighted by Gasteiger charge is -2.67. The van der Waals surface area contributed by atoms with Crippen molar-refractivity contribution >= 4 is 17.2 Å². The van der Waals surface area contributed by atoms with Crippen molar-refractivity contribution in [2.24, 2.45) is 35.5 Å². The first-order chi connectivity index (χ1) is 22.1. The molecule has 8 saturated carbocycles. The van der Waals surface area contributed by atoms with Crippen LogP contribution in [-0.2, 0) is 16.7 Å². The maximum Gasteiger partial charge on any atom is 0.0967 e. The Morgan fingerprint density at radius 3 is 1.48 bits per heavy atom. The van der Waals surface area contributed by atoms with Gasteiger partial charge in [-0.3, -0.25) is 19.9 Å². The summed E-state index contributed by atoms with van der Waals surface area (Å²) in [6.45, 7) is 7.04. The predicted octanol–water partition coefficient (Wildman–Crippen LogP) is 9.65. The third kappa shape index (κ3) is 4.89. The number of rotatable bonds is 7. The maximum absolute atomic E-state index is 4.98. The lowest BCUT2D eigenvalue weighted by molar-refractivity contribution is 0.0184. The molecule has 1 atom stereocenters. The Kier molecular flexibility index (Phi) is 7.16. The summed E-state index contributed by atoms with van der Waals surface area (Å²) in [7, 11) is 3.05. The van der Waals surface area contributed by atoms with Crippen LogP contribution in [-0.4, -0.2) is 30.2 Å². The molecule has 0 spiro atoms. The molecule has 1 aromatic carbocycles. The van der Waals surface area contributed by atoms with Crippen molar-refractivity contribution in [3.05, 3.63) is 83.5 Å². The van der Waals surface area contributed by atoms with Gasteiger partial charge in [-0.25, -0.2) is 0 Å². The normalized spacial score (nSPS) is 36.7. The van der Waals surface area contributed by atoms with E-state index >= 15 is 0 Å². The van der Waals surface area contributed by atoms with Gasteiger partial charge < -0.3 is 0 Å². The van der Waals surface area contributed by atoms with Crippen LogP contribution in [0.3, 0.4) is 0 Å². The smallest absolute Gasteiger partial charge is 0.0967 e. The highest BCUT2D eigenvalue weighted by Gasteiger charge is 2.62. The molecule has 2 aromatic heterocycles. The van der Waals surface area contributed by atoms with Gasteiger partial charge in [-0.15, -0.1) is 9.24 Å². The van der Waals surface area contributed by atoms with Gasteiger partial charge in [-0.05, 0) is 151 Å². The zero-order valence-electron chi connectivity index (χ0n) is 28.2. The summed E-state index contributed by atoms with van der Waals surface area (Å²) in [5, 5.41) is 0.541. The van der Waals surface area contributed by atoms with Crippen LogP contribution in [0.15, 0.2) is 55.4 Å². The molecule has 8 fully saturated rings. The van der Waals surface area contributed by atoms with Crippen LogP contribution < -0.4 is 0 Å². The molecule has 1 unspecified atom stereocenters. The minimum Gasteiger partial charge on any atom is -0.261 e. The van der Waals surface area contributed by atoms with Gasteiger partial charge in [0.1, 0.15) is 0 Å². The number of aromatic nitrogens is 4. The summed E-state index contributed by atoms with van der Waals surface area (Å²) < 4.78 is 0. The molecule has 242 valence electrons. The molecular formula is C40H52N4P2. The standard InChI is InChI=1S/C40H52N4P2/c1-37(2,3)33-5-4-32(34(16-33)40(45,35-23-41-6-8-43-35)36-24-42-7-9-44-36)25-46(38-17-26-10-27(18-38)12-28(11-26)19-38)39-20-29-13-30(21-39)15-31(14-29)22-39/h4-9,16,23-24,26-31H,10-15,17-22,25,45H2,1-3H3. The Labute approximate surface area is 280 Å². The summed E-state index contributed by atoms with van der Waals surface area (Å²) in [4.78, 5) is 19.2. The summed E-state index contributed by atoms with van der Waals surface area (Å²) in [5.41, 5.74) is 6.17. The molecule has 11 rings (SSSR count). The largest absolute Gasteiger partial charge is 0.261 e. The monoisotopic (exact) mass is 650 g/mol. The average molecular weight is 651 g/mol. The maximum atomic E-state index is 4.98. The SMILES string of the molecule is CC(C)(C)c1ccc(CP(C23CC4CC(CC(C4)C2)C3)C23CC4CC(CC(C4)C2)C3)c(C(P)(c2cnccn2)c2cnccn2)c1. The van der Waals surface area contributed by atoms with Crippen LogP contribution in [0.5, 0.6) is 0 Å². The van der Waals surface area contributed by atoms with Gasteiger partial charge in [0.2, 0.25) is 0 Å². The fourth-order valence-corrected chi connectivity index (χ4v) is 18.5. The van der Waals surface area contributed by atoms with E-state index < -0.39 is 5.16 Å². The van der Waals surface area contributed by atoms with E-state index in [2.05, 4.69) is 58.2 Å². The second kappa shape index (κ2) is 10.9. The lowest BCUT2D eigenvalue weighted by Crippen LogP contribution is -2.56. The van der Waals surface area contributed by atoms with Gasteiger partial charge in [0, 0.05) is 24.8 Å². The van der Waals surface area contributed by atoms with Gasteiger partial charge >= 0.3 is 0 Å². The third-order valence-electron chi connectivity index (χ3n) is 13.8. The molecule has 0 N–H and O–H groups in total. The molecule has 8 aliphatic rings. The minimum absolute atomic E-state index is 0.0359. The van der Waals surface area contributed by atoms with Crippen molar-refractivity contribution in [3.8, 4) is 0 Å². The number of nitrogens with zero attached hydrogens (tertiary/aromatic N) is 4. The summed E-state index contributed by atoms with van der Waals surface area (Å²) in [6.07, 6.45) is 30.8. The third-order valence-corrected chi connectivity index (χ3v) is 18.8. The minimum atomic E-state index is -0.622. The highest BCUT2D eigenvalue weighted by atomic mass is 31.1. The molecule has 8 bridgehead atoms. The molecule has 2 heterocycles. The molecular weight excluding hydrogens is 598 g/mol. The van der Waals surface area contributed by atoms with Crippen LogP contribution in [0.4, 0.5) is 0 Å². The number of hydrogen-bond acceptors (Lipinski definition) is 4. The van der Waals surface area contributed by atoms with Crippen molar-refractivity contribution < 1.29 is 0 Å². The molecule has 6 heteroatoms. The van der Waals surface area contributed by atoms with Crippen LogP contribution in [0.25, 0.3) is 0 Å². The summed E-state index contributed by atoms with van der Waals surface area (Å²) in [6, 6.07) is 7.54. The highest BCUT2D eigenvalue weighted by Crippen LogP contribution is 2.80. The van der Waals surface area contributed by atoms with Crippen LogP contribution in [0.2, 0.25) is 0 Å². The first-order valence-electron chi connectivity index (χ1n) is 18.4. The van der Waals surface area contributed by atoms with E-state index in [4.69, 9.17) is 9.97 Å². The molecule has 8 aliphatic carbocycles. The van der Waals surface area contributed by atoms with E-state index in [9.17, 15) is 0 Å². The van der Waals surface area contributed by atoms with Gasteiger partial charge in [-0.2, -0.15) is 0 Å². The Morgan fingerprint density at radius 2 is 1.11 bits per heavy atom. The van der Waals surface area contributed by atoms with Crippen LogP contribution in [0.1, 0.15) is 126 Å². The molecule has 0 amide bonds.